The summed E-state index contributed by atoms with van der Waals surface area (Å²) in [4.78, 5) is 7.40. The van der Waals surface area contributed by atoms with Crippen LogP contribution >= 0.6 is 0 Å². The third kappa shape index (κ3) is 2.38. The molecule has 0 saturated heterocycles. The minimum absolute atomic E-state index is 0.0150. The molecular formula is C8H10N6O3S. The number of pyridine rings is 1. The molecule has 0 aliphatic heterocycles. The van der Waals surface area contributed by atoms with Gasteiger partial charge in [0, 0.05) is 6.20 Å². The molecule has 2 aromatic rings. The Morgan fingerprint density at radius 1 is 1.44 bits per heavy atom. The summed E-state index contributed by atoms with van der Waals surface area (Å²) >= 11 is 0. The van der Waals surface area contributed by atoms with E-state index in [1.807, 2.05) is 0 Å². The smallest absolute Gasteiger partial charge is 0.314 e. The molecule has 2 rings (SSSR count). The van der Waals surface area contributed by atoms with Gasteiger partial charge >= 0.3 is 6.01 Å². The lowest BCUT2D eigenvalue weighted by Crippen LogP contribution is -2.18. The fraction of sp³-hybridized carbons (Fsp3) is 0.125. The molecule has 0 aliphatic carbocycles. The first kappa shape index (κ1) is 12.3. The molecule has 0 bridgehead atoms. The topological polar surface area (TPSA) is 136 Å². The Balaban J connectivity index is 2.36. The Labute approximate surface area is 102 Å². The molecule has 0 atom stereocenters. The maximum Gasteiger partial charge on any atom is 0.335 e. The van der Waals surface area contributed by atoms with Gasteiger partial charge in [0.25, 0.3) is 10.0 Å². The van der Waals surface area contributed by atoms with Crippen LogP contribution in [0.5, 0.6) is 0 Å². The van der Waals surface area contributed by atoms with Gasteiger partial charge in [-0.05, 0) is 19.1 Å². The first-order valence-electron chi connectivity index (χ1n) is 4.77. The van der Waals surface area contributed by atoms with Crippen LogP contribution in [0.3, 0.4) is 0 Å². The van der Waals surface area contributed by atoms with Crippen LogP contribution in [0, 0.1) is 6.92 Å². The number of hydrogen-bond acceptors (Lipinski definition) is 8. The monoisotopic (exact) mass is 270 g/mol. The van der Waals surface area contributed by atoms with Crippen LogP contribution in [0.15, 0.2) is 27.7 Å². The maximum atomic E-state index is 12.0. The summed E-state index contributed by atoms with van der Waals surface area (Å²) in [5.74, 6) is 5.52. The van der Waals surface area contributed by atoms with Crippen LogP contribution < -0.4 is 16.0 Å². The second-order valence-corrected chi connectivity index (χ2v) is 4.90. The highest BCUT2D eigenvalue weighted by molar-refractivity contribution is 7.92. The van der Waals surface area contributed by atoms with E-state index in [1.165, 1.54) is 18.3 Å². The normalized spacial score (nSPS) is 11.2. The molecule has 2 aromatic heterocycles. The zero-order valence-corrected chi connectivity index (χ0v) is 10.1. The Morgan fingerprint density at radius 2 is 2.22 bits per heavy atom. The summed E-state index contributed by atoms with van der Waals surface area (Å²) in [6.45, 7) is 1.57. The maximum absolute atomic E-state index is 12.0. The van der Waals surface area contributed by atoms with Gasteiger partial charge in [-0.25, -0.2) is 24.0 Å². The van der Waals surface area contributed by atoms with Crippen molar-refractivity contribution >= 4 is 21.9 Å². The predicted octanol–water partition coefficient (Wildman–Crippen LogP) is -0.141. The van der Waals surface area contributed by atoms with Crippen molar-refractivity contribution in [2.75, 3.05) is 10.1 Å². The third-order valence-corrected chi connectivity index (χ3v) is 3.30. The first-order chi connectivity index (χ1) is 8.53. The standard InChI is InChI=1S/C8H10N6O3S/c1-5-11-8(17-13-5)14-18(15,16)6-3-2-4-10-7(6)12-9/h2-4H,9H2,1H3,(H,10,12)(H,11,13,14). The molecule has 0 fully saturated rings. The number of nitrogen functional groups attached to an aromatic ring is 1. The van der Waals surface area contributed by atoms with E-state index in [0.29, 0.717) is 5.82 Å². The summed E-state index contributed by atoms with van der Waals surface area (Å²) in [5, 5.41) is 3.47. The number of sulfonamides is 1. The van der Waals surface area contributed by atoms with Gasteiger partial charge in [-0.2, -0.15) is 4.98 Å². The lowest BCUT2D eigenvalue weighted by atomic mass is 10.5. The van der Waals surface area contributed by atoms with Crippen molar-refractivity contribution in [2.24, 2.45) is 5.84 Å². The average Bonchev–Trinajstić information content (AvgIpc) is 2.74. The lowest BCUT2D eigenvalue weighted by molar-refractivity contribution is 0.429. The Kier molecular flexibility index (Phi) is 3.12. The largest absolute Gasteiger partial charge is 0.335 e. The van der Waals surface area contributed by atoms with Crippen molar-refractivity contribution in [1.82, 2.24) is 15.1 Å². The molecule has 0 radical (unpaired) electrons. The van der Waals surface area contributed by atoms with Gasteiger partial charge in [0.1, 0.15) is 4.90 Å². The van der Waals surface area contributed by atoms with Crippen molar-refractivity contribution in [2.45, 2.75) is 11.8 Å². The molecule has 0 spiro atoms. The SMILES string of the molecule is Cc1noc(NS(=O)(=O)c2cccnc2NN)n1. The van der Waals surface area contributed by atoms with Crippen molar-refractivity contribution in [3.8, 4) is 0 Å². The minimum atomic E-state index is -3.89. The molecule has 4 N–H and O–H groups in total. The number of aryl methyl sites for hydroxylation is 1. The number of nitrogens with one attached hydrogen (secondary N) is 2. The molecule has 0 aromatic carbocycles. The van der Waals surface area contributed by atoms with E-state index in [9.17, 15) is 8.42 Å². The highest BCUT2D eigenvalue weighted by atomic mass is 32.2. The fourth-order valence-corrected chi connectivity index (χ4v) is 2.27. The summed E-state index contributed by atoms with van der Waals surface area (Å²) in [7, 11) is -3.89. The lowest BCUT2D eigenvalue weighted by Gasteiger charge is -2.07. The van der Waals surface area contributed by atoms with Crippen LogP contribution in [0.4, 0.5) is 11.8 Å². The second-order valence-electron chi connectivity index (χ2n) is 3.25. The van der Waals surface area contributed by atoms with Crippen molar-refractivity contribution < 1.29 is 12.9 Å². The van der Waals surface area contributed by atoms with Crippen LogP contribution in [0.2, 0.25) is 0 Å². The molecule has 96 valence electrons. The number of aromatic nitrogens is 3. The summed E-state index contributed by atoms with van der Waals surface area (Å²) in [5.41, 5.74) is 2.20. The Morgan fingerprint density at radius 3 is 2.83 bits per heavy atom. The number of hydrogen-bond donors (Lipinski definition) is 3. The van der Waals surface area contributed by atoms with Gasteiger partial charge < -0.3 is 9.95 Å². The van der Waals surface area contributed by atoms with Crippen molar-refractivity contribution in [1.29, 1.82) is 0 Å². The quantitative estimate of drug-likeness (QED) is 0.515. The molecule has 0 saturated carbocycles. The van der Waals surface area contributed by atoms with Crippen LogP contribution in [-0.2, 0) is 10.0 Å². The Hall–Kier alpha value is -2.20. The van der Waals surface area contributed by atoms with E-state index in [2.05, 4.69) is 29.8 Å². The summed E-state index contributed by atoms with van der Waals surface area (Å²) in [6.07, 6.45) is 1.41. The summed E-state index contributed by atoms with van der Waals surface area (Å²) in [6, 6.07) is 2.58. The number of nitrogens with zero attached hydrogens (tertiary/aromatic N) is 3. The number of nitrogens with two attached hydrogens (primary N) is 1. The number of hydrazine groups is 1. The highest BCUT2D eigenvalue weighted by Crippen LogP contribution is 2.19. The first-order valence-corrected chi connectivity index (χ1v) is 6.26. The predicted molar refractivity (Wildman–Crippen MR) is 61.9 cm³/mol. The van der Waals surface area contributed by atoms with Crippen LogP contribution in [0.25, 0.3) is 0 Å². The zero-order valence-electron chi connectivity index (χ0n) is 9.28. The van der Waals surface area contributed by atoms with E-state index in [-0.39, 0.29) is 16.7 Å². The summed E-state index contributed by atoms with van der Waals surface area (Å²) < 4.78 is 30.8. The van der Waals surface area contributed by atoms with Gasteiger partial charge in [-0.15, -0.1) is 0 Å². The van der Waals surface area contributed by atoms with Gasteiger partial charge in [0.2, 0.25) is 0 Å². The molecule has 0 aliphatic rings. The van der Waals surface area contributed by atoms with Gasteiger partial charge in [-0.1, -0.05) is 5.16 Å². The van der Waals surface area contributed by atoms with Crippen molar-refractivity contribution in [3.05, 3.63) is 24.2 Å². The number of rotatable bonds is 4. The zero-order chi connectivity index (χ0) is 13.2. The van der Waals surface area contributed by atoms with Gasteiger partial charge in [0.15, 0.2) is 11.6 Å². The average molecular weight is 270 g/mol. The molecule has 2 heterocycles. The molecule has 10 heteroatoms. The van der Waals surface area contributed by atoms with E-state index >= 15 is 0 Å². The molecular weight excluding hydrogens is 260 g/mol. The van der Waals surface area contributed by atoms with Crippen LogP contribution in [0.1, 0.15) is 5.82 Å². The van der Waals surface area contributed by atoms with Crippen LogP contribution in [-0.4, -0.2) is 23.5 Å². The van der Waals surface area contributed by atoms with E-state index in [1.54, 1.807) is 6.92 Å². The molecule has 18 heavy (non-hydrogen) atoms. The van der Waals surface area contributed by atoms with Gasteiger partial charge in [0.05, 0.1) is 0 Å². The van der Waals surface area contributed by atoms with E-state index in [0.717, 1.165) is 0 Å². The molecule has 0 amide bonds. The third-order valence-electron chi connectivity index (χ3n) is 1.95. The highest BCUT2D eigenvalue weighted by Gasteiger charge is 2.21. The van der Waals surface area contributed by atoms with E-state index in [4.69, 9.17) is 5.84 Å². The van der Waals surface area contributed by atoms with E-state index < -0.39 is 10.0 Å². The minimum Gasteiger partial charge on any atom is -0.314 e. The molecule has 9 nitrogen and oxygen atoms in total. The number of anilines is 2. The fourth-order valence-electron chi connectivity index (χ4n) is 1.22. The molecule has 0 unspecified atom stereocenters. The Bertz CT molecular complexity index is 652. The second kappa shape index (κ2) is 4.58. The van der Waals surface area contributed by atoms with Crippen molar-refractivity contribution in [3.63, 3.8) is 0 Å². The van der Waals surface area contributed by atoms with Gasteiger partial charge in [-0.3, -0.25) is 0 Å².